The van der Waals surface area contributed by atoms with Crippen molar-refractivity contribution in [3.8, 4) is 0 Å². The van der Waals surface area contributed by atoms with Crippen molar-refractivity contribution in [2.24, 2.45) is 0 Å². The van der Waals surface area contributed by atoms with Crippen LogP contribution in [0.15, 0.2) is 48.5 Å². The maximum Gasteiger partial charge on any atom is 0.337 e. The number of benzene rings is 2. The quantitative estimate of drug-likeness (QED) is 0.857. The number of methoxy groups -OCH3 is 1. The van der Waals surface area contributed by atoms with Crippen LogP contribution in [0.1, 0.15) is 40.0 Å². The summed E-state index contributed by atoms with van der Waals surface area (Å²) in [7, 11) is 1.32. The van der Waals surface area contributed by atoms with E-state index in [-0.39, 0.29) is 11.8 Å². The van der Waals surface area contributed by atoms with Gasteiger partial charge in [0.15, 0.2) is 0 Å². The van der Waals surface area contributed by atoms with Gasteiger partial charge in [0.05, 0.1) is 12.7 Å². The number of esters is 1. The lowest BCUT2D eigenvalue weighted by Gasteiger charge is -2.26. The fourth-order valence-electron chi connectivity index (χ4n) is 2.88. The predicted octanol–water partition coefficient (Wildman–Crippen LogP) is 3.24. The Kier molecular flexibility index (Phi) is 5.31. The molecule has 26 heavy (non-hydrogen) atoms. The van der Waals surface area contributed by atoms with Crippen LogP contribution in [-0.2, 0) is 9.53 Å². The summed E-state index contributed by atoms with van der Waals surface area (Å²) in [6.45, 7) is 0.719. The lowest BCUT2D eigenvalue weighted by atomic mass is 10.1. The molecule has 1 aliphatic rings. The van der Waals surface area contributed by atoms with E-state index in [2.05, 4.69) is 10.1 Å². The highest BCUT2D eigenvalue weighted by Crippen LogP contribution is 2.21. The van der Waals surface area contributed by atoms with Gasteiger partial charge in [0, 0.05) is 29.9 Å². The second kappa shape index (κ2) is 7.82. The molecular formula is C20H20N2O4. The number of amides is 2. The molecule has 0 aliphatic carbocycles. The van der Waals surface area contributed by atoms with Gasteiger partial charge in [-0.05, 0) is 61.4 Å². The van der Waals surface area contributed by atoms with Crippen LogP contribution in [0.4, 0.5) is 11.4 Å². The minimum atomic E-state index is -0.425. The Bertz CT molecular complexity index is 813. The highest BCUT2D eigenvalue weighted by Gasteiger charge is 2.19. The number of nitrogens with one attached hydrogen (secondary N) is 1. The molecule has 0 unspecified atom stereocenters. The van der Waals surface area contributed by atoms with Crippen LogP contribution in [0.2, 0.25) is 0 Å². The first-order valence-electron chi connectivity index (χ1n) is 8.48. The Morgan fingerprint density at radius 3 is 2.23 bits per heavy atom. The van der Waals surface area contributed by atoms with Crippen LogP contribution in [0, 0.1) is 0 Å². The first-order valence-corrected chi connectivity index (χ1v) is 8.48. The van der Waals surface area contributed by atoms with Crippen LogP contribution in [-0.4, -0.2) is 31.4 Å². The molecule has 0 saturated carbocycles. The molecule has 1 saturated heterocycles. The molecule has 0 radical (unpaired) electrons. The average molecular weight is 352 g/mol. The topological polar surface area (TPSA) is 75.7 Å². The summed E-state index contributed by atoms with van der Waals surface area (Å²) < 4.78 is 4.64. The lowest BCUT2D eigenvalue weighted by molar-refractivity contribution is -0.119. The Morgan fingerprint density at radius 2 is 1.62 bits per heavy atom. The molecule has 134 valence electrons. The first-order chi connectivity index (χ1) is 12.6. The Hall–Kier alpha value is -3.15. The van der Waals surface area contributed by atoms with Crippen molar-refractivity contribution in [3.05, 3.63) is 59.7 Å². The van der Waals surface area contributed by atoms with Gasteiger partial charge in [-0.25, -0.2) is 4.79 Å². The minimum absolute atomic E-state index is 0.124. The van der Waals surface area contributed by atoms with Gasteiger partial charge in [-0.1, -0.05) is 0 Å². The average Bonchev–Trinajstić information content (AvgIpc) is 2.68. The van der Waals surface area contributed by atoms with Crippen molar-refractivity contribution < 1.29 is 19.1 Å². The number of hydrogen-bond donors (Lipinski definition) is 1. The molecule has 1 fully saturated rings. The summed E-state index contributed by atoms with van der Waals surface area (Å²) in [5.74, 6) is -0.558. The molecule has 2 aromatic carbocycles. The highest BCUT2D eigenvalue weighted by atomic mass is 16.5. The van der Waals surface area contributed by atoms with Gasteiger partial charge in [0.25, 0.3) is 5.91 Å². The zero-order valence-corrected chi connectivity index (χ0v) is 14.5. The normalized spacial score (nSPS) is 14.0. The number of rotatable bonds is 4. The number of hydrogen-bond acceptors (Lipinski definition) is 4. The predicted molar refractivity (Wildman–Crippen MR) is 98.4 cm³/mol. The minimum Gasteiger partial charge on any atom is -0.465 e. The first kappa shape index (κ1) is 17.7. The summed E-state index contributed by atoms with van der Waals surface area (Å²) in [6.07, 6.45) is 2.50. The maximum atomic E-state index is 12.4. The molecule has 1 heterocycles. The fourth-order valence-corrected chi connectivity index (χ4v) is 2.88. The van der Waals surface area contributed by atoms with Crippen molar-refractivity contribution >= 4 is 29.2 Å². The van der Waals surface area contributed by atoms with Gasteiger partial charge in [-0.15, -0.1) is 0 Å². The van der Waals surface area contributed by atoms with Crippen LogP contribution in [0.3, 0.4) is 0 Å². The summed E-state index contributed by atoms with van der Waals surface area (Å²) >= 11 is 0. The number of nitrogens with zero attached hydrogens (tertiary/aromatic N) is 1. The third-order valence-corrected chi connectivity index (χ3v) is 4.33. The molecular weight excluding hydrogens is 332 g/mol. The number of carbonyl (C=O) groups excluding carboxylic acids is 3. The molecule has 6 heteroatoms. The van der Waals surface area contributed by atoms with Gasteiger partial charge < -0.3 is 15.0 Å². The Balaban J connectivity index is 1.66. The summed E-state index contributed by atoms with van der Waals surface area (Å²) in [4.78, 5) is 37.5. The van der Waals surface area contributed by atoms with E-state index in [9.17, 15) is 14.4 Å². The van der Waals surface area contributed by atoms with E-state index < -0.39 is 5.97 Å². The maximum absolute atomic E-state index is 12.4. The molecule has 0 spiro atoms. The largest absolute Gasteiger partial charge is 0.465 e. The van der Waals surface area contributed by atoms with E-state index in [4.69, 9.17) is 0 Å². The second-order valence-electron chi connectivity index (χ2n) is 6.07. The van der Waals surface area contributed by atoms with Crippen molar-refractivity contribution in [1.29, 1.82) is 0 Å². The van der Waals surface area contributed by atoms with E-state index in [1.54, 1.807) is 53.4 Å². The van der Waals surface area contributed by atoms with Gasteiger partial charge in [0.2, 0.25) is 5.91 Å². The Labute approximate surface area is 151 Å². The van der Waals surface area contributed by atoms with Gasteiger partial charge in [-0.2, -0.15) is 0 Å². The zero-order chi connectivity index (χ0) is 18.5. The molecule has 0 aromatic heterocycles. The van der Waals surface area contributed by atoms with Crippen molar-refractivity contribution in [3.63, 3.8) is 0 Å². The number of anilines is 2. The van der Waals surface area contributed by atoms with Crippen molar-refractivity contribution in [2.75, 3.05) is 23.9 Å². The monoisotopic (exact) mass is 352 g/mol. The van der Waals surface area contributed by atoms with Crippen molar-refractivity contribution in [2.45, 2.75) is 19.3 Å². The molecule has 0 bridgehead atoms. The van der Waals surface area contributed by atoms with Gasteiger partial charge >= 0.3 is 5.97 Å². The van der Waals surface area contributed by atoms with Crippen LogP contribution in [0.25, 0.3) is 0 Å². The SMILES string of the molecule is COC(=O)c1ccc(NC(=O)c2ccc(N3CCCCC3=O)cc2)cc1. The number of ether oxygens (including phenoxy) is 1. The second-order valence-corrected chi connectivity index (χ2v) is 6.07. The molecule has 0 atom stereocenters. The summed E-state index contributed by atoms with van der Waals surface area (Å²) in [5.41, 5.74) is 2.31. The van der Waals surface area contributed by atoms with Crippen molar-refractivity contribution in [1.82, 2.24) is 0 Å². The smallest absolute Gasteiger partial charge is 0.337 e. The van der Waals surface area contributed by atoms with E-state index in [0.29, 0.717) is 23.2 Å². The Morgan fingerprint density at radius 1 is 0.962 bits per heavy atom. The fraction of sp³-hybridized carbons (Fsp3) is 0.250. The molecule has 2 amide bonds. The molecule has 3 rings (SSSR count). The van der Waals surface area contributed by atoms with E-state index >= 15 is 0 Å². The van der Waals surface area contributed by atoms with Crippen LogP contribution < -0.4 is 10.2 Å². The van der Waals surface area contributed by atoms with Gasteiger partial charge in [0.1, 0.15) is 0 Å². The zero-order valence-electron chi connectivity index (χ0n) is 14.5. The third-order valence-electron chi connectivity index (χ3n) is 4.33. The standard InChI is InChI=1S/C20H20N2O4/c1-26-20(25)15-5-9-16(10-6-15)21-19(24)14-7-11-17(12-8-14)22-13-3-2-4-18(22)23/h5-12H,2-4,13H2,1H3,(H,21,24). The van der Waals surface area contributed by atoms with Gasteiger partial charge in [-0.3, -0.25) is 9.59 Å². The summed E-state index contributed by atoms with van der Waals surface area (Å²) in [6, 6.07) is 13.5. The third kappa shape index (κ3) is 3.91. The van der Waals surface area contributed by atoms with Crippen LogP contribution >= 0.6 is 0 Å². The number of carbonyl (C=O) groups is 3. The molecule has 2 aromatic rings. The van der Waals surface area contributed by atoms with E-state index in [1.165, 1.54) is 7.11 Å². The highest BCUT2D eigenvalue weighted by molar-refractivity contribution is 6.05. The molecule has 6 nitrogen and oxygen atoms in total. The summed E-state index contributed by atoms with van der Waals surface area (Å²) in [5, 5.41) is 2.78. The molecule has 1 N–H and O–H groups in total. The van der Waals surface area contributed by atoms with E-state index in [1.807, 2.05) is 0 Å². The van der Waals surface area contributed by atoms with Crippen LogP contribution in [0.5, 0.6) is 0 Å². The molecule has 1 aliphatic heterocycles. The lowest BCUT2D eigenvalue weighted by Crippen LogP contribution is -2.35. The number of piperidine rings is 1. The van der Waals surface area contributed by atoms with E-state index in [0.717, 1.165) is 25.1 Å².